The molecule has 0 radical (unpaired) electrons. The van der Waals surface area contributed by atoms with Crippen molar-refractivity contribution in [2.24, 2.45) is 0 Å². The average Bonchev–Trinajstić information content (AvgIpc) is 2.99. The first-order chi connectivity index (χ1) is 20.4. The monoisotopic (exact) mass is 594 g/mol. The molecule has 0 aliphatic carbocycles. The number of hydrogen-bond acceptors (Lipinski definition) is 5. The lowest BCUT2D eigenvalue weighted by Crippen LogP contribution is -2.15. The van der Waals surface area contributed by atoms with Gasteiger partial charge in [0.1, 0.15) is 11.9 Å². The Bertz CT molecular complexity index is 702. The molecule has 42 heavy (non-hydrogen) atoms. The van der Waals surface area contributed by atoms with Crippen LogP contribution in [-0.4, -0.2) is 50.8 Å². The quantitative estimate of drug-likeness (QED) is 0.0569. The summed E-state index contributed by atoms with van der Waals surface area (Å²) in [7, 11) is 0. The Kier molecular flexibility index (Phi) is 35.5. The standard InChI is InChI=1S/C18H34O2.C15H24O.C3H8O3/c1-2-3-4-5-6-7-8-9-10-11-12-13-14-15-16-17-18(19)20;1-2-3-4-5-6-7-8-11-14-12-9-10-13-15(14)16;4-1-3(6)2-5/h9-10H,2-8,11-17H2,1H3,(H,19,20);9-10,12-13,16H,2-8,11H2,1H3;3-6H,1-2H2/b10-9-;;. The number of carboxylic acids is 1. The van der Waals surface area contributed by atoms with Crippen LogP contribution in [0.1, 0.15) is 154 Å². The van der Waals surface area contributed by atoms with E-state index < -0.39 is 12.1 Å². The SMILES string of the molecule is CCCCCCCC/C=C\CCCCCCCC(=O)O.CCCCCCCCCc1ccccc1O.OCC(O)CO. The van der Waals surface area contributed by atoms with Gasteiger partial charge in [0.05, 0.1) is 13.2 Å². The lowest BCUT2D eigenvalue weighted by molar-refractivity contribution is -0.137. The largest absolute Gasteiger partial charge is 0.508 e. The molecule has 0 aliphatic heterocycles. The lowest BCUT2D eigenvalue weighted by atomic mass is 10.0. The third kappa shape index (κ3) is 34.3. The van der Waals surface area contributed by atoms with Crippen LogP contribution >= 0.6 is 0 Å². The molecule has 0 saturated heterocycles. The minimum Gasteiger partial charge on any atom is -0.508 e. The number of aromatic hydroxyl groups is 1. The molecular formula is C36H66O6. The summed E-state index contributed by atoms with van der Waals surface area (Å²) in [5.41, 5.74) is 1.09. The van der Waals surface area contributed by atoms with Gasteiger partial charge in [0.15, 0.2) is 0 Å². The molecule has 0 atom stereocenters. The highest BCUT2D eigenvalue weighted by Crippen LogP contribution is 2.19. The molecule has 1 rings (SSSR count). The van der Waals surface area contributed by atoms with Crippen LogP contribution in [0.4, 0.5) is 0 Å². The number of phenolic OH excluding ortho intramolecular Hbond substituents is 1. The fourth-order valence-corrected chi connectivity index (χ4v) is 4.40. The number of allylic oxidation sites excluding steroid dienone is 2. The minimum atomic E-state index is -0.954. The zero-order valence-electron chi connectivity index (χ0n) is 27.2. The maximum Gasteiger partial charge on any atom is 0.303 e. The van der Waals surface area contributed by atoms with E-state index in [0.29, 0.717) is 12.2 Å². The second-order valence-corrected chi connectivity index (χ2v) is 11.2. The molecule has 0 spiro atoms. The van der Waals surface area contributed by atoms with Crippen molar-refractivity contribution in [2.45, 2.75) is 161 Å². The van der Waals surface area contributed by atoms with Crippen molar-refractivity contribution in [1.82, 2.24) is 0 Å². The normalized spacial score (nSPS) is 10.8. The van der Waals surface area contributed by atoms with Crippen molar-refractivity contribution >= 4 is 5.97 Å². The van der Waals surface area contributed by atoms with Gasteiger partial charge in [-0.3, -0.25) is 4.79 Å². The van der Waals surface area contributed by atoms with E-state index in [4.69, 9.17) is 20.4 Å². The average molecular weight is 595 g/mol. The van der Waals surface area contributed by atoms with Gasteiger partial charge in [-0.05, 0) is 56.6 Å². The summed E-state index contributed by atoms with van der Waals surface area (Å²) in [6, 6.07) is 7.67. The molecule has 0 saturated carbocycles. The van der Waals surface area contributed by atoms with Crippen LogP contribution in [0.15, 0.2) is 36.4 Å². The van der Waals surface area contributed by atoms with E-state index in [1.165, 1.54) is 116 Å². The van der Waals surface area contributed by atoms with Crippen molar-refractivity contribution in [2.75, 3.05) is 13.2 Å². The van der Waals surface area contributed by atoms with E-state index in [0.717, 1.165) is 24.8 Å². The zero-order valence-corrected chi connectivity index (χ0v) is 27.2. The Morgan fingerprint density at radius 1 is 0.667 bits per heavy atom. The Morgan fingerprint density at radius 2 is 1.10 bits per heavy atom. The molecule has 6 nitrogen and oxygen atoms in total. The summed E-state index contributed by atoms with van der Waals surface area (Å²) >= 11 is 0. The summed E-state index contributed by atoms with van der Waals surface area (Å²) in [6.45, 7) is 3.78. The van der Waals surface area contributed by atoms with Gasteiger partial charge in [-0.15, -0.1) is 0 Å². The molecule has 0 fully saturated rings. The molecule has 0 amide bonds. The first kappa shape index (κ1) is 42.2. The van der Waals surface area contributed by atoms with E-state index in [2.05, 4.69) is 26.0 Å². The highest BCUT2D eigenvalue weighted by atomic mass is 16.4. The van der Waals surface area contributed by atoms with Crippen molar-refractivity contribution < 1.29 is 30.3 Å². The molecule has 6 heteroatoms. The van der Waals surface area contributed by atoms with Crippen LogP contribution < -0.4 is 0 Å². The fourth-order valence-electron chi connectivity index (χ4n) is 4.40. The van der Waals surface area contributed by atoms with E-state index in [-0.39, 0.29) is 13.2 Å². The summed E-state index contributed by atoms with van der Waals surface area (Å²) in [6.07, 6.45) is 30.6. The van der Waals surface area contributed by atoms with Gasteiger partial charge in [-0.25, -0.2) is 0 Å². The van der Waals surface area contributed by atoms with Crippen LogP contribution in [0.5, 0.6) is 5.75 Å². The molecule has 0 bridgehead atoms. The topological polar surface area (TPSA) is 118 Å². The number of aliphatic carboxylic acids is 1. The van der Waals surface area contributed by atoms with Crippen LogP contribution in [0.25, 0.3) is 0 Å². The molecule has 1 aromatic rings. The fraction of sp³-hybridized carbons (Fsp3) is 0.750. The molecule has 0 unspecified atom stereocenters. The van der Waals surface area contributed by atoms with Crippen molar-refractivity contribution in [1.29, 1.82) is 0 Å². The third-order valence-corrected chi connectivity index (χ3v) is 7.12. The Morgan fingerprint density at radius 3 is 1.52 bits per heavy atom. The lowest BCUT2D eigenvalue weighted by Gasteiger charge is -2.04. The number of aryl methyl sites for hydroxylation is 1. The first-order valence-corrected chi connectivity index (χ1v) is 17.0. The number of carbonyl (C=O) groups is 1. The number of para-hydroxylation sites is 1. The highest BCUT2D eigenvalue weighted by Gasteiger charge is 1.99. The van der Waals surface area contributed by atoms with Crippen LogP contribution in [0, 0.1) is 0 Å². The van der Waals surface area contributed by atoms with Crippen molar-refractivity contribution in [3.05, 3.63) is 42.0 Å². The Hall–Kier alpha value is -1.89. The van der Waals surface area contributed by atoms with Crippen molar-refractivity contribution in [3.8, 4) is 5.75 Å². The molecule has 0 aromatic heterocycles. The summed E-state index contributed by atoms with van der Waals surface area (Å²) in [4.78, 5) is 10.3. The van der Waals surface area contributed by atoms with Gasteiger partial charge in [0, 0.05) is 6.42 Å². The van der Waals surface area contributed by atoms with E-state index >= 15 is 0 Å². The number of benzene rings is 1. The number of phenols is 1. The van der Waals surface area contributed by atoms with E-state index in [9.17, 15) is 9.90 Å². The van der Waals surface area contributed by atoms with Crippen LogP contribution in [0.2, 0.25) is 0 Å². The van der Waals surface area contributed by atoms with E-state index in [1.807, 2.05) is 18.2 Å². The highest BCUT2D eigenvalue weighted by molar-refractivity contribution is 5.66. The molecular weight excluding hydrogens is 528 g/mol. The van der Waals surface area contributed by atoms with Gasteiger partial charge in [0.2, 0.25) is 0 Å². The second kappa shape index (κ2) is 35.3. The van der Waals surface area contributed by atoms with Gasteiger partial charge in [-0.2, -0.15) is 0 Å². The summed E-state index contributed by atoms with van der Waals surface area (Å²) in [5.74, 6) is -0.212. The minimum absolute atomic E-state index is 0.332. The van der Waals surface area contributed by atoms with Gasteiger partial charge in [-0.1, -0.05) is 134 Å². The molecule has 1 aromatic carbocycles. The maximum absolute atomic E-state index is 10.3. The second-order valence-electron chi connectivity index (χ2n) is 11.2. The number of rotatable bonds is 25. The number of carboxylic acid groups (broad SMARTS) is 1. The van der Waals surface area contributed by atoms with Crippen LogP contribution in [0.3, 0.4) is 0 Å². The number of aliphatic hydroxyl groups excluding tert-OH is 3. The molecule has 0 heterocycles. The van der Waals surface area contributed by atoms with E-state index in [1.54, 1.807) is 6.07 Å². The number of unbranched alkanes of at least 4 members (excludes halogenated alkanes) is 17. The summed E-state index contributed by atoms with van der Waals surface area (Å²) < 4.78 is 0. The predicted octanol–water partition coefficient (Wildman–Crippen LogP) is 9.13. The van der Waals surface area contributed by atoms with Gasteiger partial charge in [0.25, 0.3) is 0 Å². The van der Waals surface area contributed by atoms with Gasteiger partial charge < -0.3 is 25.5 Å². The smallest absolute Gasteiger partial charge is 0.303 e. The van der Waals surface area contributed by atoms with Crippen molar-refractivity contribution in [3.63, 3.8) is 0 Å². The number of hydrogen-bond donors (Lipinski definition) is 5. The molecule has 0 aliphatic rings. The third-order valence-electron chi connectivity index (χ3n) is 7.12. The van der Waals surface area contributed by atoms with Gasteiger partial charge >= 0.3 is 5.97 Å². The van der Waals surface area contributed by atoms with Crippen LogP contribution in [-0.2, 0) is 11.2 Å². The summed E-state index contributed by atoms with van der Waals surface area (Å²) in [5, 5.41) is 42.1. The predicted molar refractivity (Wildman–Crippen MR) is 177 cm³/mol. The Labute approximate surface area is 258 Å². The Balaban J connectivity index is 0. The first-order valence-electron chi connectivity index (χ1n) is 17.0. The maximum atomic E-state index is 10.3. The molecule has 5 N–H and O–H groups in total. The zero-order chi connectivity index (χ0) is 31.5. The number of aliphatic hydroxyl groups is 3. The molecule has 246 valence electrons.